The van der Waals surface area contributed by atoms with E-state index in [1.165, 1.54) is 0 Å². The molecule has 0 aromatic carbocycles. The van der Waals surface area contributed by atoms with Gasteiger partial charge >= 0.3 is 12.1 Å². The van der Waals surface area contributed by atoms with Crippen molar-refractivity contribution in [3.8, 4) is 0 Å². The number of rotatable bonds is 8. The number of amides is 1. The van der Waals surface area contributed by atoms with E-state index in [0.717, 1.165) is 24.1 Å². The highest BCUT2D eigenvalue weighted by atomic mass is 28.4. The molecule has 2 atom stereocenters. The predicted molar refractivity (Wildman–Crippen MR) is 149 cm³/mol. The van der Waals surface area contributed by atoms with E-state index in [-0.39, 0.29) is 35.8 Å². The zero-order chi connectivity index (χ0) is 28.5. The molecule has 1 aromatic rings. The van der Waals surface area contributed by atoms with Gasteiger partial charge in [-0.05, 0) is 72.1 Å². The summed E-state index contributed by atoms with van der Waals surface area (Å²) >= 11 is 0. The second-order valence-electron chi connectivity index (χ2n) is 12.9. The Morgan fingerprint density at radius 1 is 1.16 bits per heavy atom. The highest BCUT2D eigenvalue weighted by Gasteiger charge is 2.45. The molecule has 214 valence electrons. The number of fused-ring (bicyclic) bond motifs is 2. The van der Waals surface area contributed by atoms with Crippen LogP contribution in [0.2, 0.25) is 18.1 Å². The molecular weight excluding hydrogens is 502 g/mol. The standard InChI is InChI=1S/C28H47N3O6Si/c1-11-34-25(32)24-21(16-20-17-31(18-22(24)30(20)8)26(33)36-27(2,3)4)23-15-19(29-37-23)13-12-14-35-38(9,10)28(5,6)7/h15,20,22H,11-14,16-18H2,1-10H3. The molecule has 0 aliphatic carbocycles. The summed E-state index contributed by atoms with van der Waals surface area (Å²) in [7, 11) is 0.206. The second-order valence-corrected chi connectivity index (χ2v) is 17.7. The van der Waals surface area contributed by atoms with Gasteiger partial charge in [-0.25, -0.2) is 9.59 Å². The molecule has 10 heteroatoms. The van der Waals surface area contributed by atoms with Crippen molar-refractivity contribution in [3.63, 3.8) is 0 Å². The third kappa shape index (κ3) is 7.07. The Bertz CT molecular complexity index is 1040. The number of ether oxygens (including phenoxy) is 2. The van der Waals surface area contributed by atoms with Crippen molar-refractivity contribution in [2.24, 2.45) is 0 Å². The lowest BCUT2D eigenvalue weighted by Gasteiger charge is -2.48. The lowest BCUT2D eigenvalue weighted by molar-refractivity contribution is -0.140. The van der Waals surface area contributed by atoms with Gasteiger partial charge in [-0.2, -0.15) is 0 Å². The monoisotopic (exact) mass is 549 g/mol. The van der Waals surface area contributed by atoms with Crippen molar-refractivity contribution in [1.82, 2.24) is 15.0 Å². The summed E-state index contributed by atoms with van der Waals surface area (Å²) in [5.41, 5.74) is 1.60. The first-order valence-corrected chi connectivity index (χ1v) is 16.6. The van der Waals surface area contributed by atoms with E-state index >= 15 is 0 Å². The molecule has 0 radical (unpaired) electrons. The number of nitrogens with zero attached hydrogens (tertiary/aromatic N) is 3. The average Bonchev–Trinajstić information content (AvgIpc) is 3.23. The van der Waals surface area contributed by atoms with Crippen molar-refractivity contribution < 1.29 is 28.0 Å². The van der Waals surface area contributed by atoms with Crippen molar-refractivity contribution in [3.05, 3.63) is 23.1 Å². The number of likely N-dealkylation sites (N-methyl/N-ethyl adjacent to an activating group) is 1. The molecule has 0 spiro atoms. The lowest BCUT2D eigenvalue weighted by atomic mass is 9.84. The van der Waals surface area contributed by atoms with Crippen LogP contribution in [0.1, 0.15) is 72.8 Å². The minimum absolute atomic E-state index is 0.0148. The number of aryl methyl sites for hydroxylation is 1. The molecule has 2 unspecified atom stereocenters. The van der Waals surface area contributed by atoms with Crippen molar-refractivity contribution in [2.45, 2.75) is 104 Å². The number of piperazine rings is 1. The Labute approximate surface area is 229 Å². The molecule has 3 heterocycles. The van der Waals surface area contributed by atoms with Crippen LogP contribution in [-0.2, 0) is 25.1 Å². The maximum absolute atomic E-state index is 13.2. The third-order valence-electron chi connectivity index (χ3n) is 7.84. The van der Waals surface area contributed by atoms with Crippen molar-refractivity contribution in [1.29, 1.82) is 0 Å². The van der Waals surface area contributed by atoms with Crippen LogP contribution in [0.25, 0.3) is 5.57 Å². The van der Waals surface area contributed by atoms with Gasteiger partial charge in [-0.1, -0.05) is 25.9 Å². The molecule has 0 saturated carbocycles. The van der Waals surface area contributed by atoms with Crippen LogP contribution in [0.4, 0.5) is 4.79 Å². The number of hydrogen-bond acceptors (Lipinski definition) is 8. The smallest absolute Gasteiger partial charge is 0.410 e. The molecule has 2 bridgehead atoms. The zero-order valence-electron chi connectivity index (χ0n) is 25.0. The molecule has 9 nitrogen and oxygen atoms in total. The van der Waals surface area contributed by atoms with Crippen LogP contribution in [0.15, 0.2) is 16.2 Å². The number of hydrogen-bond donors (Lipinski definition) is 0. The summed E-state index contributed by atoms with van der Waals surface area (Å²) in [5, 5.41) is 4.48. The summed E-state index contributed by atoms with van der Waals surface area (Å²) in [6.07, 6.45) is 1.76. The first-order valence-electron chi connectivity index (χ1n) is 13.7. The summed E-state index contributed by atoms with van der Waals surface area (Å²) in [5.74, 6) is 0.215. The maximum Gasteiger partial charge on any atom is 0.410 e. The average molecular weight is 550 g/mol. The number of esters is 1. The topological polar surface area (TPSA) is 94.3 Å². The van der Waals surface area contributed by atoms with Gasteiger partial charge in [0, 0.05) is 37.4 Å². The van der Waals surface area contributed by atoms with E-state index in [1.54, 1.807) is 11.8 Å². The normalized spacial score (nSPS) is 21.1. The van der Waals surface area contributed by atoms with Crippen LogP contribution in [0.5, 0.6) is 0 Å². The largest absolute Gasteiger partial charge is 0.463 e. The van der Waals surface area contributed by atoms with Gasteiger partial charge in [-0.15, -0.1) is 0 Å². The molecule has 0 N–H and O–H groups in total. The first-order chi connectivity index (χ1) is 17.5. The Balaban J connectivity index is 1.79. The molecule has 2 aliphatic heterocycles. The molecule has 1 aromatic heterocycles. The molecule has 2 aliphatic rings. The van der Waals surface area contributed by atoms with Crippen LogP contribution < -0.4 is 0 Å². The number of aromatic nitrogens is 1. The van der Waals surface area contributed by atoms with Gasteiger partial charge in [0.2, 0.25) is 0 Å². The fourth-order valence-corrected chi connectivity index (χ4v) is 5.73. The van der Waals surface area contributed by atoms with Gasteiger partial charge < -0.3 is 23.3 Å². The molecule has 1 fully saturated rings. The SMILES string of the molecule is CCOC(=O)C1=C(c2cc(CCCO[Si](C)(C)C(C)(C)C)no2)CC2CN(C(=O)OC(C)(C)C)CC1N2C. The van der Waals surface area contributed by atoms with E-state index in [2.05, 4.69) is 43.9 Å². The summed E-state index contributed by atoms with van der Waals surface area (Å²) in [6, 6.07) is 1.63. The van der Waals surface area contributed by atoms with E-state index < -0.39 is 13.9 Å². The van der Waals surface area contributed by atoms with E-state index in [4.69, 9.17) is 18.4 Å². The Hall–Kier alpha value is -2.17. The molecule has 3 rings (SSSR count). The second kappa shape index (κ2) is 11.5. The first kappa shape index (κ1) is 30.4. The van der Waals surface area contributed by atoms with Crippen LogP contribution in [-0.4, -0.2) is 86.4 Å². The van der Waals surface area contributed by atoms with Crippen LogP contribution >= 0.6 is 0 Å². The van der Waals surface area contributed by atoms with Gasteiger partial charge in [-0.3, -0.25) is 4.90 Å². The van der Waals surface area contributed by atoms with Crippen LogP contribution in [0.3, 0.4) is 0 Å². The fraction of sp³-hybridized carbons (Fsp3) is 0.750. The summed E-state index contributed by atoms with van der Waals surface area (Å²) in [4.78, 5) is 29.9. The van der Waals surface area contributed by atoms with Crippen molar-refractivity contribution >= 4 is 26.0 Å². The van der Waals surface area contributed by atoms with E-state index in [1.807, 2.05) is 33.9 Å². The highest BCUT2D eigenvalue weighted by Crippen LogP contribution is 2.39. The zero-order valence-corrected chi connectivity index (χ0v) is 26.0. The lowest BCUT2D eigenvalue weighted by Crippen LogP contribution is -2.62. The van der Waals surface area contributed by atoms with Gasteiger partial charge in [0.05, 0.1) is 23.9 Å². The fourth-order valence-electron chi connectivity index (χ4n) is 4.65. The number of carbonyl (C=O) groups is 2. The van der Waals surface area contributed by atoms with Gasteiger partial charge in [0.15, 0.2) is 14.1 Å². The van der Waals surface area contributed by atoms with E-state index in [9.17, 15) is 9.59 Å². The van der Waals surface area contributed by atoms with Crippen LogP contribution in [0, 0.1) is 0 Å². The third-order valence-corrected chi connectivity index (χ3v) is 12.4. The minimum atomic E-state index is -1.79. The Kier molecular flexibility index (Phi) is 9.20. The predicted octanol–water partition coefficient (Wildman–Crippen LogP) is 5.27. The number of carbonyl (C=O) groups excluding carboxylic acids is 2. The van der Waals surface area contributed by atoms with E-state index in [0.29, 0.717) is 37.5 Å². The quantitative estimate of drug-likeness (QED) is 0.246. The highest BCUT2D eigenvalue weighted by molar-refractivity contribution is 6.74. The van der Waals surface area contributed by atoms with Crippen molar-refractivity contribution in [2.75, 3.05) is 33.4 Å². The maximum atomic E-state index is 13.2. The summed E-state index contributed by atoms with van der Waals surface area (Å²) < 4.78 is 23.2. The summed E-state index contributed by atoms with van der Waals surface area (Å²) in [6.45, 7) is 20.4. The Morgan fingerprint density at radius 3 is 2.45 bits per heavy atom. The molecule has 1 amide bonds. The minimum Gasteiger partial charge on any atom is -0.463 e. The molecular formula is C28H47N3O6Si. The molecule has 38 heavy (non-hydrogen) atoms. The molecule has 1 saturated heterocycles. The van der Waals surface area contributed by atoms with Gasteiger partial charge in [0.25, 0.3) is 0 Å². The Morgan fingerprint density at radius 2 is 1.84 bits per heavy atom. The van der Waals surface area contributed by atoms with Gasteiger partial charge in [0.1, 0.15) is 5.60 Å².